The van der Waals surface area contributed by atoms with Crippen LogP contribution in [0.15, 0.2) is 47.0 Å². The number of H-pyrrole nitrogens is 1. The van der Waals surface area contributed by atoms with E-state index >= 15 is 0 Å². The van der Waals surface area contributed by atoms with E-state index in [9.17, 15) is 14.9 Å². The van der Waals surface area contributed by atoms with Crippen LogP contribution in [0.2, 0.25) is 0 Å². The number of carbonyl (C=O) groups is 1. The lowest BCUT2D eigenvalue weighted by Gasteiger charge is -2.01. The molecule has 2 N–H and O–H groups in total. The zero-order valence-electron chi connectivity index (χ0n) is 12.6. The largest absolute Gasteiger partial charge is 0.341 e. The zero-order valence-corrected chi connectivity index (χ0v) is 13.4. The molecule has 0 aliphatic carbocycles. The summed E-state index contributed by atoms with van der Waals surface area (Å²) in [5.74, 6) is -0.241. The van der Waals surface area contributed by atoms with E-state index < -0.39 is 4.92 Å². The third-order valence-corrected chi connectivity index (χ3v) is 4.00. The van der Waals surface area contributed by atoms with Gasteiger partial charge in [0, 0.05) is 17.7 Å². The summed E-state index contributed by atoms with van der Waals surface area (Å²) in [5.41, 5.74) is 4.03. The first-order valence-electron chi connectivity index (χ1n) is 6.97. The van der Waals surface area contributed by atoms with Gasteiger partial charge in [0.25, 0.3) is 5.69 Å². The summed E-state index contributed by atoms with van der Waals surface area (Å²) in [6.45, 7) is 0. The minimum atomic E-state index is -0.496. The van der Waals surface area contributed by atoms with E-state index in [4.69, 9.17) is 0 Å². The van der Waals surface area contributed by atoms with Gasteiger partial charge in [0.15, 0.2) is 5.65 Å². The molecular formula is C14H11N7O3S. The Morgan fingerprint density at radius 3 is 3.12 bits per heavy atom. The molecule has 0 radical (unpaired) electrons. The van der Waals surface area contributed by atoms with Crippen molar-refractivity contribution in [1.82, 2.24) is 25.4 Å². The second-order valence-corrected chi connectivity index (χ2v) is 5.68. The molecule has 0 aliphatic rings. The molecule has 0 bridgehead atoms. The van der Waals surface area contributed by atoms with E-state index in [2.05, 4.69) is 30.5 Å². The van der Waals surface area contributed by atoms with Crippen LogP contribution in [0.25, 0.3) is 11.2 Å². The fourth-order valence-electron chi connectivity index (χ4n) is 1.92. The molecule has 0 unspecified atom stereocenters. The first kappa shape index (κ1) is 16.5. The van der Waals surface area contributed by atoms with Crippen LogP contribution in [0.5, 0.6) is 0 Å². The van der Waals surface area contributed by atoms with E-state index in [0.29, 0.717) is 21.8 Å². The summed E-state index contributed by atoms with van der Waals surface area (Å²) in [4.78, 5) is 37.1. The van der Waals surface area contributed by atoms with Crippen molar-refractivity contribution in [2.75, 3.05) is 5.75 Å². The summed E-state index contributed by atoms with van der Waals surface area (Å²) >= 11 is 1.22. The van der Waals surface area contributed by atoms with Gasteiger partial charge in [-0.1, -0.05) is 23.9 Å². The topological polar surface area (TPSA) is 139 Å². The molecule has 3 rings (SSSR count). The number of nitro benzene ring substituents is 1. The van der Waals surface area contributed by atoms with Gasteiger partial charge in [-0.25, -0.2) is 20.4 Å². The van der Waals surface area contributed by atoms with Gasteiger partial charge in [0.1, 0.15) is 16.9 Å². The molecule has 0 aliphatic heterocycles. The molecule has 0 saturated carbocycles. The maximum absolute atomic E-state index is 11.8. The highest BCUT2D eigenvalue weighted by molar-refractivity contribution is 8.00. The Balaban J connectivity index is 1.55. The molecule has 2 heterocycles. The van der Waals surface area contributed by atoms with Crippen molar-refractivity contribution in [2.24, 2.45) is 5.10 Å². The monoisotopic (exact) mass is 357 g/mol. The normalized spacial score (nSPS) is 11.0. The molecule has 3 aromatic rings. The second-order valence-electron chi connectivity index (χ2n) is 4.71. The number of fused-ring (bicyclic) bond motifs is 1. The molecule has 0 spiro atoms. The van der Waals surface area contributed by atoms with Crippen LogP contribution in [0.3, 0.4) is 0 Å². The van der Waals surface area contributed by atoms with Crippen molar-refractivity contribution in [2.45, 2.75) is 5.03 Å². The number of rotatable bonds is 6. The van der Waals surface area contributed by atoms with Gasteiger partial charge in [-0.2, -0.15) is 5.10 Å². The molecule has 10 nitrogen and oxygen atoms in total. The first-order valence-corrected chi connectivity index (χ1v) is 7.95. The van der Waals surface area contributed by atoms with Gasteiger partial charge in [0.2, 0.25) is 5.91 Å². The summed E-state index contributed by atoms with van der Waals surface area (Å²) in [6.07, 6.45) is 4.23. The van der Waals surface area contributed by atoms with E-state index in [0.717, 1.165) is 0 Å². The smallest absolute Gasteiger partial charge is 0.270 e. The molecule has 0 saturated heterocycles. The molecule has 1 amide bonds. The highest BCUT2D eigenvalue weighted by Gasteiger charge is 2.09. The lowest BCUT2D eigenvalue weighted by molar-refractivity contribution is -0.384. The predicted octanol–water partition coefficient (Wildman–Crippen LogP) is 1.50. The van der Waals surface area contributed by atoms with Crippen molar-refractivity contribution in [3.05, 3.63) is 52.6 Å². The highest BCUT2D eigenvalue weighted by Crippen LogP contribution is 2.21. The van der Waals surface area contributed by atoms with Crippen molar-refractivity contribution in [3.63, 3.8) is 0 Å². The number of hydrogen-bond acceptors (Lipinski definition) is 8. The molecule has 11 heteroatoms. The molecule has 126 valence electrons. The molecule has 25 heavy (non-hydrogen) atoms. The fraction of sp³-hybridized carbons (Fsp3) is 0.0714. The minimum Gasteiger partial charge on any atom is -0.341 e. The Bertz CT molecular complexity index is 956. The number of non-ortho nitro benzene ring substituents is 1. The lowest BCUT2D eigenvalue weighted by atomic mass is 10.2. The van der Waals surface area contributed by atoms with Crippen LogP contribution in [0, 0.1) is 10.1 Å². The Labute approximate surface area is 144 Å². The summed E-state index contributed by atoms with van der Waals surface area (Å²) in [5, 5.41) is 15.1. The zero-order chi connectivity index (χ0) is 17.6. The number of carbonyl (C=O) groups excluding carboxylic acids is 1. The summed E-state index contributed by atoms with van der Waals surface area (Å²) < 4.78 is 0. The Hall–Kier alpha value is -3.34. The maximum Gasteiger partial charge on any atom is 0.270 e. The van der Waals surface area contributed by atoms with Crippen molar-refractivity contribution in [1.29, 1.82) is 0 Å². The number of hydrazone groups is 1. The van der Waals surface area contributed by atoms with Gasteiger partial charge >= 0.3 is 0 Å². The summed E-state index contributed by atoms with van der Waals surface area (Å²) in [6, 6.07) is 5.93. The number of hydrogen-bond donors (Lipinski definition) is 2. The van der Waals surface area contributed by atoms with Crippen LogP contribution in [0.1, 0.15) is 5.56 Å². The van der Waals surface area contributed by atoms with Crippen molar-refractivity contribution >= 4 is 40.7 Å². The highest BCUT2D eigenvalue weighted by atomic mass is 32.2. The molecule has 0 atom stereocenters. The van der Waals surface area contributed by atoms with Gasteiger partial charge in [-0.3, -0.25) is 14.9 Å². The lowest BCUT2D eigenvalue weighted by Crippen LogP contribution is -2.19. The second kappa shape index (κ2) is 7.49. The SMILES string of the molecule is O=C(CSc1ncnc2nc[nH]c12)NN=Cc1cccc([N+](=O)[O-])c1. The number of nitro groups is 1. The number of imidazole rings is 1. The van der Waals surface area contributed by atoms with Gasteiger partial charge in [-0.05, 0) is 0 Å². The van der Waals surface area contributed by atoms with Crippen LogP contribution >= 0.6 is 11.8 Å². The number of benzene rings is 1. The quantitative estimate of drug-likeness (QED) is 0.224. The van der Waals surface area contributed by atoms with Crippen LogP contribution in [-0.2, 0) is 4.79 Å². The first-order chi connectivity index (χ1) is 12.1. The average Bonchev–Trinajstić information content (AvgIpc) is 3.09. The van der Waals surface area contributed by atoms with Gasteiger partial charge in [0.05, 0.1) is 23.2 Å². The Morgan fingerprint density at radius 1 is 1.40 bits per heavy atom. The molecule has 1 aromatic carbocycles. The van der Waals surface area contributed by atoms with E-state index in [1.54, 1.807) is 12.1 Å². The van der Waals surface area contributed by atoms with E-state index in [1.807, 2.05) is 0 Å². The minimum absolute atomic E-state index is 0.0434. The summed E-state index contributed by atoms with van der Waals surface area (Å²) in [7, 11) is 0. The van der Waals surface area contributed by atoms with Gasteiger partial charge < -0.3 is 4.98 Å². The fourth-order valence-corrected chi connectivity index (χ4v) is 2.66. The van der Waals surface area contributed by atoms with E-state index in [1.165, 1.54) is 42.8 Å². The van der Waals surface area contributed by atoms with Crippen LogP contribution in [-0.4, -0.2) is 42.7 Å². The standard InChI is InChI=1S/C14H11N7O3S/c22-11(6-25-14-12-13(16-7-15-12)17-8-18-14)20-19-5-9-2-1-3-10(4-9)21(23)24/h1-5,7-8H,6H2,(H,20,22)(H,15,16,17,18). The van der Waals surface area contributed by atoms with Crippen molar-refractivity contribution in [3.8, 4) is 0 Å². The van der Waals surface area contributed by atoms with E-state index in [-0.39, 0.29) is 17.3 Å². The third-order valence-electron chi connectivity index (χ3n) is 3.01. The van der Waals surface area contributed by atoms with Crippen LogP contribution < -0.4 is 5.43 Å². The number of aromatic nitrogens is 4. The van der Waals surface area contributed by atoms with Gasteiger partial charge in [-0.15, -0.1) is 0 Å². The molecule has 2 aromatic heterocycles. The van der Waals surface area contributed by atoms with Crippen LogP contribution in [0.4, 0.5) is 5.69 Å². The maximum atomic E-state index is 11.8. The Morgan fingerprint density at radius 2 is 2.28 bits per heavy atom. The number of nitrogens with one attached hydrogen (secondary N) is 2. The Kier molecular flexibility index (Phi) is 4.95. The average molecular weight is 357 g/mol. The third kappa shape index (κ3) is 4.14. The number of thioether (sulfide) groups is 1. The molecule has 0 fully saturated rings. The number of aromatic amines is 1. The van der Waals surface area contributed by atoms with Crippen molar-refractivity contribution < 1.29 is 9.72 Å². The predicted molar refractivity (Wildman–Crippen MR) is 91.2 cm³/mol. The molecular weight excluding hydrogens is 346 g/mol. The number of amides is 1. The number of nitrogens with zero attached hydrogens (tertiary/aromatic N) is 5.